The topological polar surface area (TPSA) is 71.2 Å². The lowest BCUT2D eigenvalue weighted by Crippen LogP contribution is -2.61. The van der Waals surface area contributed by atoms with Crippen LogP contribution in [0.1, 0.15) is 18.1 Å². The summed E-state index contributed by atoms with van der Waals surface area (Å²) < 4.78 is 78.7. The largest absolute Gasteiger partial charge is 0.416 e. The lowest BCUT2D eigenvalue weighted by atomic mass is 9.97. The molecule has 1 amide bonds. The molecule has 1 saturated heterocycles. The molecule has 0 atom stereocenters. The van der Waals surface area contributed by atoms with Crippen LogP contribution >= 0.6 is 0 Å². The lowest BCUT2D eigenvalue weighted by Gasteiger charge is -2.43. The summed E-state index contributed by atoms with van der Waals surface area (Å²) in [6, 6.07) is 1.05. The molecule has 156 valence electrons. The maximum Gasteiger partial charge on any atom is 0.416 e. The Bertz CT molecular complexity index is 921. The predicted octanol–water partition coefficient (Wildman–Crippen LogP) is 3.05. The highest BCUT2D eigenvalue weighted by Crippen LogP contribution is 2.38. The fourth-order valence-electron chi connectivity index (χ4n) is 2.74. The number of hydrogen-bond donors (Lipinski definition) is 1. The molecule has 1 N–H and O–H groups in total. The van der Waals surface area contributed by atoms with Crippen LogP contribution in [0, 0.1) is 0 Å². The van der Waals surface area contributed by atoms with Crippen molar-refractivity contribution in [2.45, 2.75) is 24.9 Å². The van der Waals surface area contributed by atoms with E-state index in [1.165, 1.54) is 4.90 Å². The smallest absolute Gasteiger partial charge is 0.386 e. The highest BCUT2D eigenvalue weighted by Gasteiger charge is 2.39. The van der Waals surface area contributed by atoms with E-state index in [0.29, 0.717) is 12.1 Å². The van der Waals surface area contributed by atoms with Crippen LogP contribution in [-0.2, 0) is 17.1 Å². The minimum atomic E-state index is -4.98. The van der Waals surface area contributed by atoms with Crippen molar-refractivity contribution >= 4 is 12.1 Å². The number of rotatable bonds is 3. The van der Waals surface area contributed by atoms with Gasteiger partial charge in [-0.1, -0.05) is 0 Å². The molecule has 29 heavy (non-hydrogen) atoms. The van der Waals surface area contributed by atoms with Crippen LogP contribution in [0.4, 0.5) is 26.3 Å². The Kier molecular flexibility index (Phi) is 4.93. The molecule has 1 aliphatic rings. The molecule has 0 spiro atoms. The number of likely N-dealkylation sites (tertiary alicyclic amines) is 1. The van der Waals surface area contributed by atoms with Crippen LogP contribution in [0.2, 0.25) is 0 Å². The van der Waals surface area contributed by atoms with Gasteiger partial charge < -0.3 is 10.0 Å². The first-order valence-corrected chi connectivity index (χ1v) is 8.15. The van der Waals surface area contributed by atoms with E-state index in [1.807, 2.05) is 0 Å². The predicted molar refractivity (Wildman–Crippen MR) is 88.0 cm³/mol. The lowest BCUT2D eigenvalue weighted by molar-refractivity contribution is -0.146. The molecular formula is C17H14F6N4O2. The average Bonchev–Trinajstić information content (AvgIpc) is 3.04. The quantitative estimate of drug-likeness (QED) is 0.612. The number of hydrogen-bond acceptors (Lipinski definition) is 4. The zero-order valence-electron chi connectivity index (χ0n) is 14.8. The highest BCUT2D eigenvalue weighted by molar-refractivity contribution is 5.90. The van der Waals surface area contributed by atoms with Gasteiger partial charge in [0.2, 0.25) is 5.91 Å². The van der Waals surface area contributed by atoms with E-state index in [-0.39, 0.29) is 25.0 Å². The molecule has 1 aliphatic heterocycles. The maximum absolute atomic E-state index is 13.0. The zero-order chi connectivity index (χ0) is 21.6. The molecule has 0 unspecified atom stereocenters. The van der Waals surface area contributed by atoms with Gasteiger partial charge in [-0.2, -0.15) is 26.3 Å². The monoisotopic (exact) mass is 420 g/mol. The first-order chi connectivity index (χ1) is 13.2. The Balaban J connectivity index is 1.84. The third kappa shape index (κ3) is 4.75. The Hall–Kier alpha value is -2.89. The summed E-state index contributed by atoms with van der Waals surface area (Å²) in [5.41, 5.74) is -4.38. The van der Waals surface area contributed by atoms with E-state index >= 15 is 0 Å². The molecule has 0 aliphatic carbocycles. The Labute approximate surface area is 160 Å². The second-order valence-electron chi connectivity index (χ2n) is 6.85. The number of aliphatic hydroxyl groups is 1. The van der Waals surface area contributed by atoms with Crippen LogP contribution in [0.5, 0.6) is 0 Å². The third-order valence-electron chi connectivity index (χ3n) is 4.10. The summed E-state index contributed by atoms with van der Waals surface area (Å²) >= 11 is 0. The van der Waals surface area contributed by atoms with Gasteiger partial charge in [0, 0.05) is 17.8 Å². The first-order valence-electron chi connectivity index (χ1n) is 8.15. The van der Waals surface area contributed by atoms with Crippen molar-refractivity contribution in [3.8, 4) is 11.4 Å². The summed E-state index contributed by atoms with van der Waals surface area (Å²) in [5.74, 6) is -0.808. The number of amides is 1. The number of nitrogens with zero attached hydrogens (tertiary/aromatic N) is 4. The number of carbonyl (C=O) groups excluding carboxylic acids is 1. The van der Waals surface area contributed by atoms with Gasteiger partial charge >= 0.3 is 12.4 Å². The van der Waals surface area contributed by atoms with Gasteiger partial charge in [0.15, 0.2) is 5.82 Å². The van der Waals surface area contributed by atoms with Crippen molar-refractivity contribution in [3.63, 3.8) is 0 Å². The molecule has 1 aromatic heterocycles. The third-order valence-corrected chi connectivity index (χ3v) is 4.10. The van der Waals surface area contributed by atoms with E-state index in [1.54, 1.807) is 6.92 Å². The molecule has 1 fully saturated rings. The minimum Gasteiger partial charge on any atom is -0.386 e. The van der Waals surface area contributed by atoms with E-state index in [2.05, 4.69) is 10.1 Å². The van der Waals surface area contributed by atoms with E-state index in [9.17, 15) is 36.2 Å². The van der Waals surface area contributed by atoms with Gasteiger partial charge in [0.1, 0.15) is 6.33 Å². The molecule has 2 heterocycles. The van der Waals surface area contributed by atoms with Crippen molar-refractivity contribution in [2.75, 3.05) is 13.1 Å². The molecule has 6 nitrogen and oxygen atoms in total. The molecular weight excluding hydrogens is 406 g/mol. The molecule has 0 saturated carbocycles. The van der Waals surface area contributed by atoms with Gasteiger partial charge in [-0.15, -0.1) is 5.10 Å². The Morgan fingerprint density at radius 1 is 1.10 bits per heavy atom. The van der Waals surface area contributed by atoms with E-state index < -0.39 is 40.6 Å². The molecule has 0 bridgehead atoms. The number of halogens is 6. The fraction of sp³-hybridized carbons (Fsp3) is 0.353. The second-order valence-corrected chi connectivity index (χ2v) is 6.85. The van der Waals surface area contributed by atoms with Crippen LogP contribution in [0.3, 0.4) is 0 Å². The molecule has 12 heteroatoms. The van der Waals surface area contributed by atoms with Crippen molar-refractivity contribution in [1.82, 2.24) is 19.7 Å². The van der Waals surface area contributed by atoms with E-state index in [4.69, 9.17) is 0 Å². The Morgan fingerprint density at radius 3 is 2.14 bits per heavy atom. The summed E-state index contributed by atoms with van der Waals surface area (Å²) in [6.45, 7) is 1.85. The fourth-order valence-corrected chi connectivity index (χ4v) is 2.74. The van der Waals surface area contributed by atoms with Crippen molar-refractivity contribution in [3.05, 3.63) is 41.7 Å². The van der Waals surface area contributed by atoms with Crippen molar-refractivity contribution < 1.29 is 36.2 Å². The van der Waals surface area contributed by atoms with Gasteiger partial charge in [-0.05, 0) is 25.1 Å². The normalized spacial score (nSPS) is 16.9. The molecule has 0 radical (unpaired) electrons. The number of aromatic nitrogens is 3. The summed E-state index contributed by atoms with van der Waals surface area (Å²) in [5, 5.41) is 13.4. The second kappa shape index (κ2) is 6.87. The van der Waals surface area contributed by atoms with Gasteiger partial charge in [-0.3, -0.25) is 4.79 Å². The minimum absolute atomic E-state index is 0.0149. The molecule has 3 rings (SSSR count). The summed E-state index contributed by atoms with van der Waals surface area (Å²) in [6.07, 6.45) is -6.67. The van der Waals surface area contributed by atoms with Crippen LogP contribution < -0.4 is 0 Å². The average molecular weight is 420 g/mol. The number of β-amino-alcohol motifs (C(OH)–C–C–N with tert-alkyl or cyclic N) is 1. The number of benzene rings is 1. The number of carbonyl (C=O) groups is 1. The van der Waals surface area contributed by atoms with Crippen LogP contribution in [-0.4, -0.2) is 49.4 Å². The van der Waals surface area contributed by atoms with Gasteiger partial charge in [0.05, 0.1) is 29.8 Å². The van der Waals surface area contributed by atoms with E-state index in [0.717, 1.165) is 23.3 Å². The first kappa shape index (κ1) is 20.8. The molecule has 1 aromatic carbocycles. The zero-order valence-corrected chi connectivity index (χ0v) is 14.8. The maximum atomic E-state index is 13.0. The SMILES string of the molecule is CC1(O)CN(C(=O)C=Cn2cnc(-c3cc(C(F)(F)F)cc(C(F)(F)F)c3)n2)C1. The summed E-state index contributed by atoms with van der Waals surface area (Å²) in [7, 11) is 0. The Morgan fingerprint density at radius 2 is 1.66 bits per heavy atom. The summed E-state index contributed by atoms with van der Waals surface area (Å²) in [4.78, 5) is 16.9. The van der Waals surface area contributed by atoms with Crippen molar-refractivity contribution in [2.24, 2.45) is 0 Å². The number of alkyl halides is 6. The van der Waals surface area contributed by atoms with Crippen LogP contribution in [0.15, 0.2) is 30.6 Å². The highest BCUT2D eigenvalue weighted by atomic mass is 19.4. The standard InChI is InChI=1S/C17H14F6N4O2/c1-15(29)7-26(8-15)13(28)2-3-27-9-24-14(25-27)10-4-11(16(18,19)20)6-12(5-10)17(21,22)23/h2-6,9,29H,7-8H2,1H3. The van der Waals surface area contributed by atoms with Crippen molar-refractivity contribution in [1.29, 1.82) is 0 Å². The van der Waals surface area contributed by atoms with Gasteiger partial charge in [-0.25, -0.2) is 9.67 Å². The molecule has 2 aromatic rings. The van der Waals surface area contributed by atoms with Crippen LogP contribution in [0.25, 0.3) is 17.6 Å². The van der Waals surface area contributed by atoms with Gasteiger partial charge in [0.25, 0.3) is 0 Å².